The van der Waals surface area contributed by atoms with Crippen LogP contribution in [-0.2, 0) is 10.0 Å². The van der Waals surface area contributed by atoms with Crippen LogP contribution in [0, 0.1) is 5.82 Å². The lowest BCUT2D eigenvalue weighted by Crippen LogP contribution is -2.14. The second-order valence-corrected chi connectivity index (χ2v) is 7.97. The van der Waals surface area contributed by atoms with Gasteiger partial charge < -0.3 is 4.74 Å². The summed E-state index contributed by atoms with van der Waals surface area (Å²) in [5, 5.41) is 13.4. The zero-order valence-electron chi connectivity index (χ0n) is 15.7. The Morgan fingerprint density at radius 3 is 2.23 bits per heavy atom. The third-order valence-corrected chi connectivity index (χ3v) is 5.78. The van der Waals surface area contributed by atoms with Crippen LogP contribution in [0.4, 0.5) is 10.1 Å². The van der Waals surface area contributed by atoms with E-state index in [0.29, 0.717) is 5.56 Å². The van der Waals surface area contributed by atoms with Crippen molar-refractivity contribution in [3.8, 4) is 28.3 Å². The molecule has 0 fully saturated rings. The Labute approximate surface area is 171 Å². The number of aromatic amines is 1. The van der Waals surface area contributed by atoms with Crippen molar-refractivity contribution in [3.63, 3.8) is 0 Å². The first kappa shape index (κ1) is 19.5. The van der Waals surface area contributed by atoms with Crippen molar-refractivity contribution >= 4 is 15.7 Å². The first-order chi connectivity index (χ1) is 14.5. The number of aromatic nitrogens is 4. The highest BCUT2D eigenvalue weighted by Gasteiger charge is 2.19. The number of tetrazole rings is 1. The molecule has 0 unspecified atom stereocenters. The minimum absolute atomic E-state index is 0.00984. The van der Waals surface area contributed by atoms with Crippen LogP contribution in [0.25, 0.3) is 22.5 Å². The Morgan fingerprint density at radius 1 is 0.967 bits per heavy atom. The van der Waals surface area contributed by atoms with Gasteiger partial charge in [-0.25, -0.2) is 12.8 Å². The maximum atomic E-state index is 13.8. The molecule has 0 saturated heterocycles. The second kappa shape index (κ2) is 7.91. The number of anilines is 1. The zero-order chi connectivity index (χ0) is 21.1. The fourth-order valence-corrected chi connectivity index (χ4v) is 3.96. The molecule has 0 amide bonds. The number of H-pyrrole nitrogens is 1. The molecule has 152 valence electrons. The minimum atomic E-state index is -3.98. The topological polar surface area (TPSA) is 110 Å². The van der Waals surface area contributed by atoms with E-state index in [2.05, 4.69) is 25.3 Å². The maximum Gasteiger partial charge on any atom is 0.261 e. The van der Waals surface area contributed by atoms with Crippen LogP contribution in [0.3, 0.4) is 0 Å². The summed E-state index contributed by atoms with van der Waals surface area (Å²) >= 11 is 0. The highest BCUT2D eigenvalue weighted by Crippen LogP contribution is 2.29. The molecule has 0 spiro atoms. The summed E-state index contributed by atoms with van der Waals surface area (Å²) in [5.41, 5.74) is 2.06. The summed E-state index contributed by atoms with van der Waals surface area (Å²) in [6.07, 6.45) is 0. The minimum Gasteiger partial charge on any atom is -0.497 e. The van der Waals surface area contributed by atoms with Crippen LogP contribution in [0.1, 0.15) is 0 Å². The standard InChI is InChI=1S/C20H16FN5O3S/c1-29-16-7-2-13(3-8-16)14-4-9-17(10-5-14)30(27,28)24-19-12-15(21)6-11-18(19)20-22-25-26-23-20/h2-12,24H,1H3,(H,22,23,25,26). The van der Waals surface area contributed by atoms with Crippen LogP contribution >= 0.6 is 0 Å². The highest BCUT2D eigenvalue weighted by molar-refractivity contribution is 7.92. The smallest absolute Gasteiger partial charge is 0.261 e. The Hall–Kier alpha value is -3.79. The summed E-state index contributed by atoms with van der Waals surface area (Å²) in [5.74, 6) is 0.270. The van der Waals surface area contributed by atoms with Gasteiger partial charge in [0.1, 0.15) is 11.6 Å². The number of rotatable bonds is 6. The van der Waals surface area contributed by atoms with E-state index >= 15 is 0 Å². The van der Waals surface area contributed by atoms with Gasteiger partial charge >= 0.3 is 0 Å². The normalized spacial score (nSPS) is 11.3. The summed E-state index contributed by atoms with van der Waals surface area (Å²) in [6, 6.07) is 17.4. The van der Waals surface area contributed by atoms with E-state index in [9.17, 15) is 12.8 Å². The molecule has 0 aliphatic rings. The van der Waals surface area contributed by atoms with Gasteiger partial charge in [0.05, 0.1) is 17.7 Å². The van der Waals surface area contributed by atoms with Crippen molar-refractivity contribution in [2.75, 3.05) is 11.8 Å². The average Bonchev–Trinajstić information content (AvgIpc) is 3.28. The van der Waals surface area contributed by atoms with Crippen molar-refractivity contribution in [1.29, 1.82) is 0 Å². The van der Waals surface area contributed by atoms with Crippen molar-refractivity contribution in [2.24, 2.45) is 0 Å². The van der Waals surface area contributed by atoms with Crippen LogP contribution in [0.5, 0.6) is 5.75 Å². The molecule has 2 N–H and O–H groups in total. The average molecular weight is 425 g/mol. The number of nitrogens with zero attached hydrogens (tertiary/aromatic N) is 3. The Morgan fingerprint density at radius 2 is 1.63 bits per heavy atom. The largest absolute Gasteiger partial charge is 0.497 e. The Bertz CT molecular complexity index is 1260. The predicted molar refractivity (Wildman–Crippen MR) is 109 cm³/mol. The summed E-state index contributed by atoms with van der Waals surface area (Å²) < 4.78 is 47.0. The van der Waals surface area contributed by atoms with E-state index in [1.807, 2.05) is 24.3 Å². The summed E-state index contributed by atoms with van der Waals surface area (Å²) in [7, 11) is -2.39. The van der Waals surface area contributed by atoms with Gasteiger partial charge in [-0.2, -0.15) is 5.21 Å². The fraction of sp³-hybridized carbons (Fsp3) is 0.0500. The molecule has 8 nitrogen and oxygen atoms in total. The van der Waals surface area contributed by atoms with E-state index in [0.717, 1.165) is 22.9 Å². The monoisotopic (exact) mass is 425 g/mol. The predicted octanol–water partition coefficient (Wildman–Crippen LogP) is 3.48. The van der Waals surface area contributed by atoms with Gasteiger partial charge in [-0.05, 0) is 58.8 Å². The van der Waals surface area contributed by atoms with Gasteiger partial charge in [-0.15, -0.1) is 10.2 Å². The molecule has 0 aliphatic carbocycles. The van der Waals surface area contributed by atoms with Crippen LogP contribution < -0.4 is 9.46 Å². The quantitative estimate of drug-likeness (QED) is 0.489. The Balaban J connectivity index is 1.62. The SMILES string of the molecule is COc1ccc(-c2ccc(S(=O)(=O)Nc3cc(F)ccc3-c3nn[nH]n3)cc2)cc1. The number of halogens is 1. The lowest BCUT2D eigenvalue weighted by molar-refractivity contribution is 0.415. The number of sulfonamides is 1. The number of hydrogen-bond acceptors (Lipinski definition) is 6. The van der Waals surface area contributed by atoms with E-state index in [-0.39, 0.29) is 16.4 Å². The third-order valence-electron chi connectivity index (χ3n) is 4.40. The molecule has 0 bridgehead atoms. The number of nitrogens with one attached hydrogen (secondary N) is 2. The molecule has 0 saturated carbocycles. The third kappa shape index (κ3) is 3.98. The van der Waals surface area contributed by atoms with Gasteiger partial charge in [0.25, 0.3) is 10.0 Å². The van der Waals surface area contributed by atoms with Gasteiger partial charge in [-0.1, -0.05) is 24.3 Å². The summed E-state index contributed by atoms with van der Waals surface area (Å²) in [6.45, 7) is 0. The van der Waals surface area contributed by atoms with Gasteiger partial charge in [0, 0.05) is 5.56 Å². The molecule has 10 heteroatoms. The van der Waals surface area contributed by atoms with E-state index in [1.54, 1.807) is 19.2 Å². The summed E-state index contributed by atoms with van der Waals surface area (Å²) in [4.78, 5) is 0.0306. The van der Waals surface area contributed by atoms with Gasteiger partial charge in [-0.3, -0.25) is 4.72 Å². The van der Waals surface area contributed by atoms with Crippen molar-refractivity contribution < 1.29 is 17.5 Å². The Kier molecular flexibility index (Phi) is 5.15. The van der Waals surface area contributed by atoms with Crippen LogP contribution in [0.15, 0.2) is 71.6 Å². The number of hydrogen-bond donors (Lipinski definition) is 2. The highest BCUT2D eigenvalue weighted by atomic mass is 32.2. The second-order valence-electron chi connectivity index (χ2n) is 6.28. The van der Waals surface area contributed by atoms with Crippen molar-refractivity contribution in [1.82, 2.24) is 20.6 Å². The maximum absolute atomic E-state index is 13.8. The molecule has 3 aromatic carbocycles. The molecular weight excluding hydrogens is 409 g/mol. The molecular formula is C20H16FN5O3S. The van der Waals surface area contributed by atoms with Crippen molar-refractivity contribution in [2.45, 2.75) is 4.90 Å². The molecule has 0 aliphatic heterocycles. The number of ether oxygens (including phenoxy) is 1. The van der Waals surface area contributed by atoms with Crippen molar-refractivity contribution in [3.05, 3.63) is 72.5 Å². The van der Waals surface area contributed by atoms with E-state index in [4.69, 9.17) is 4.74 Å². The molecule has 4 rings (SSSR count). The zero-order valence-corrected chi connectivity index (χ0v) is 16.5. The van der Waals surface area contributed by atoms with Crippen LogP contribution in [-0.4, -0.2) is 36.2 Å². The fourth-order valence-electron chi connectivity index (χ4n) is 2.89. The number of benzene rings is 3. The van der Waals surface area contributed by atoms with E-state index in [1.165, 1.54) is 24.3 Å². The van der Waals surface area contributed by atoms with Gasteiger partial charge in [0.2, 0.25) is 5.82 Å². The molecule has 30 heavy (non-hydrogen) atoms. The van der Waals surface area contributed by atoms with E-state index < -0.39 is 15.8 Å². The molecule has 4 aromatic rings. The lowest BCUT2D eigenvalue weighted by atomic mass is 10.1. The molecule has 1 aromatic heterocycles. The lowest BCUT2D eigenvalue weighted by Gasteiger charge is -2.12. The molecule has 0 atom stereocenters. The van der Waals surface area contributed by atoms with Gasteiger partial charge in [0.15, 0.2) is 0 Å². The van der Waals surface area contributed by atoms with Crippen LogP contribution in [0.2, 0.25) is 0 Å². The first-order valence-electron chi connectivity index (χ1n) is 8.77. The number of methoxy groups -OCH3 is 1. The first-order valence-corrected chi connectivity index (χ1v) is 10.3. The molecule has 0 radical (unpaired) electrons. The molecule has 1 heterocycles.